The fraction of sp³-hybridized carbons (Fsp3) is 1.00. The number of hydrogen-bond donors (Lipinski definition) is 1. The molecular weight excluding hydrogens is 227 g/mol. The van der Waals surface area contributed by atoms with Gasteiger partial charge in [-0.15, -0.1) is 0 Å². The van der Waals surface area contributed by atoms with E-state index in [9.17, 15) is 0 Å². The van der Waals surface area contributed by atoms with Crippen LogP contribution in [0.25, 0.3) is 0 Å². The Hall–Kier alpha value is 1.49. The first-order valence-electron chi connectivity index (χ1n) is 2.47. The normalized spacial score (nSPS) is 10.5. The molecule has 0 fully saturated rings. The minimum atomic E-state index is 0. The molecule has 0 aliphatic heterocycles. The Balaban J connectivity index is 0. The molecule has 0 aliphatic carbocycles. The van der Waals surface area contributed by atoms with E-state index < -0.39 is 0 Å². The van der Waals surface area contributed by atoms with Crippen LogP contribution in [-0.4, -0.2) is 92.8 Å². The van der Waals surface area contributed by atoms with E-state index in [0.717, 1.165) is 11.0 Å². The second-order valence-corrected chi connectivity index (χ2v) is 2.74. The third-order valence-electron chi connectivity index (χ3n) is 0.771. The largest absolute Gasteiger partial charge is 2.00 e. The second-order valence-electron chi connectivity index (χ2n) is 2.74. The Morgan fingerprint density at radius 2 is 1.62 bits per heavy atom. The summed E-state index contributed by atoms with van der Waals surface area (Å²) in [5, 5.41) is 8.39. The molecule has 0 bridgehead atoms. The van der Waals surface area contributed by atoms with Gasteiger partial charge in [0.25, 0.3) is 0 Å². The van der Waals surface area contributed by atoms with Gasteiger partial charge in [0.1, 0.15) is 6.54 Å². The quantitative estimate of drug-likeness (QED) is 0.501. The standard InChI is InChI=1S/C5H14NO.Ba/c1-6(2,3)4-5-7;/h7H,4-5H2,1-3H3;/q+1;+2. The number of aliphatic hydroxyl groups is 1. The van der Waals surface area contributed by atoms with E-state index >= 15 is 0 Å². The third kappa shape index (κ3) is 10.5. The summed E-state index contributed by atoms with van der Waals surface area (Å²) in [6.45, 7) is 1.11. The maximum absolute atomic E-state index is 8.39. The van der Waals surface area contributed by atoms with Crippen molar-refractivity contribution in [2.75, 3.05) is 34.3 Å². The summed E-state index contributed by atoms with van der Waals surface area (Å²) in [7, 11) is 6.16. The number of hydrogen-bond acceptors (Lipinski definition) is 1. The molecule has 0 radical (unpaired) electrons. The van der Waals surface area contributed by atoms with Crippen LogP contribution in [0.5, 0.6) is 0 Å². The fourth-order valence-corrected chi connectivity index (χ4v) is 0.300. The second kappa shape index (κ2) is 5.29. The predicted molar refractivity (Wildman–Crippen MR) is 35.7 cm³/mol. The van der Waals surface area contributed by atoms with Crippen LogP contribution in [-0.2, 0) is 0 Å². The minimum Gasteiger partial charge on any atom is -0.391 e. The van der Waals surface area contributed by atoms with Crippen LogP contribution >= 0.6 is 0 Å². The first kappa shape index (κ1) is 12.2. The maximum atomic E-state index is 8.39. The van der Waals surface area contributed by atoms with E-state index in [1.54, 1.807) is 0 Å². The molecule has 0 rings (SSSR count). The Morgan fingerprint density at radius 1 is 1.25 bits per heavy atom. The van der Waals surface area contributed by atoms with Crippen LogP contribution in [0, 0.1) is 0 Å². The summed E-state index contributed by atoms with van der Waals surface area (Å²) >= 11 is 0. The average Bonchev–Trinajstić information content (AvgIpc) is 1.30. The van der Waals surface area contributed by atoms with Crippen molar-refractivity contribution in [3.8, 4) is 0 Å². The number of aliphatic hydroxyl groups excluding tert-OH is 1. The Labute approximate surface area is 91.5 Å². The van der Waals surface area contributed by atoms with Gasteiger partial charge in [0.2, 0.25) is 0 Å². The van der Waals surface area contributed by atoms with E-state index in [1.165, 1.54) is 0 Å². The molecule has 1 N–H and O–H groups in total. The average molecular weight is 242 g/mol. The molecule has 2 nitrogen and oxygen atoms in total. The third-order valence-corrected chi connectivity index (χ3v) is 0.771. The number of quaternary nitrogens is 1. The zero-order valence-corrected chi connectivity index (χ0v) is 10.5. The summed E-state index contributed by atoms with van der Waals surface area (Å²) in [6, 6.07) is 0. The fourth-order valence-electron chi connectivity index (χ4n) is 0.300. The van der Waals surface area contributed by atoms with E-state index in [1.807, 2.05) is 0 Å². The van der Waals surface area contributed by atoms with Crippen molar-refractivity contribution in [3.05, 3.63) is 0 Å². The van der Waals surface area contributed by atoms with E-state index in [-0.39, 0.29) is 55.5 Å². The molecule has 0 unspecified atom stereocenters. The Bertz CT molecular complexity index is 50.9. The van der Waals surface area contributed by atoms with Crippen molar-refractivity contribution >= 4 is 48.9 Å². The van der Waals surface area contributed by atoms with Crippen molar-refractivity contribution in [1.29, 1.82) is 0 Å². The summed E-state index contributed by atoms with van der Waals surface area (Å²) in [6.07, 6.45) is 0. The first-order chi connectivity index (χ1) is 3.06. The monoisotopic (exact) mass is 242 g/mol. The molecule has 0 aromatic rings. The minimum absolute atomic E-state index is 0. The number of likely N-dealkylation sites (N-methyl/N-ethyl adjacent to an activating group) is 1. The van der Waals surface area contributed by atoms with Crippen molar-refractivity contribution in [2.45, 2.75) is 0 Å². The molecule has 8 heavy (non-hydrogen) atoms. The molecule has 0 heterocycles. The van der Waals surface area contributed by atoms with Crippen LogP contribution < -0.4 is 0 Å². The molecule has 44 valence electrons. The molecule has 3 heteroatoms. The maximum Gasteiger partial charge on any atom is 2.00 e. The molecule has 0 aliphatic rings. The van der Waals surface area contributed by atoms with Gasteiger partial charge < -0.3 is 9.59 Å². The van der Waals surface area contributed by atoms with Crippen molar-refractivity contribution < 1.29 is 9.59 Å². The van der Waals surface area contributed by atoms with Crippen molar-refractivity contribution in [3.63, 3.8) is 0 Å². The van der Waals surface area contributed by atoms with Gasteiger partial charge in [0, 0.05) is 0 Å². The smallest absolute Gasteiger partial charge is 0.391 e. The van der Waals surface area contributed by atoms with Crippen molar-refractivity contribution in [2.24, 2.45) is 0 Å². The van der Waals surface area contributed by atoms with Gasteiger partial charge in [-0.25, -0.2) is 0 Å². The van der Waals surface area contributed by atoms with Crippen LogP contribution in [0.3, 0.4) is 0 Å². The van der Waals surface area contributed by atoms with E-state index in [0.29, 0.717) is 0 Å². The molecule has 0 spiro atoms. The summed E-state index contributed by atoms with van der Waals surface area (Å²) < 4.78 is 0.844. The van der Waals surface area contributed by atoms with Crippen LogP contribution in [0.2, 0.25) is 0 Å². The van der Waals surface area contributed by atoms with E-state index in [2.05, 4.69) is 21.1 Å². The Kier molecular flexibility index (Phi) is 8.06. The zero-order valence-electron chi connectivity index (χ0n) is 6.02. The van der Waals surface area contributed by atoms with E-state index in [4.69, 9.17) is 5.11 Å². The van der Waals surface area contributed by atoms with Gasteiger partial charge in [0.05, 0.1) is 27.7 Å². The van der Waals surface area contributed by atoms with Crippen LogP contribution in [0.4, 0.5) is 0 Å². The molecule has 0 saturated heterocycles. The molecule has 0 saturated carbocycles. The molecule has 0 atom stereocenters. The van der Waals surface area contributed by atoms with Gasteiger partial charge in [-0.1, -0.05) is 0 Å². The molecule has 0 aromatic heterocycles. The van der Waals surface area contributed by atoms with Gasteiger partial charge >= 0.3 is 48.9 Å². The summed E-state index contributed by atoms with van der Waals surface area (Å²) in [4.78, 5) is 0. The van der Waals surface area contributed by atoms with Gasteiger partial charge in [-0.05, 0) is 0 Å². The zero-order chi connectivity index (χ0) is 5.91. The van der Waals surface area contributed by atoms with Crippen LogP contribution in [0.1, 0.15) is 0 Å². The van der Waals surface area contributed by atoms with Crippen molar-refractivity contribution in [1.82, 2.24) is 0 Å². The summed E-state index contributed by atoms with van der Waals surface area (Å²) in [5.74, 6) is 0. The molecule has 0 aromatic carbocycles. The Morgan fingerprint density at radius 3 is 1.62 bits per heavy atom. The van der Waals surface area contributed by atoms with Gasteiger partial charge in [0.15, 0.2) is 0 Å². The number of nitrogens with zero attached hydrogens (tertiary/aromatic N) is 1. The topological polar surface area (TPSA) is 20.2 Å². The number of rotatable bonds is 2. The SMILES string of the molecule is C[N+](C)(C)CCO.[Ba+2]. The summed E-state index contributed by atoms with van der Waals surface area (Å²) in [5.41, 5.74) is 0. The molecule has 0 amide bonds. The predicted octanol–water partition coefficient (Wildman–Crippen LogP) is -0.696. The van der Waals surface area contributed by atoms with Gasteiger partial charge in [-0.3, -0.25) is 0 Å². The first-order valence-corrected chi connectivity index (χ1v) is 2.47. The van der Waals surface area contributed by atoms with Crippen LogP contribution in [0.15, 0.2) is 0 Å². The molecular formula is C5H14BaNO+3. The van der Waals surface area contributed by atoms with Gasteiger partial charge in [-0.2, -0.15) is 0 Å².